The third-order valence-corrected chi connectivity index (χ3v) is 3.39. The summed E-state index contributed by atoms with van der Waals surface area (Å²) in [6, 6.07) is 19.3. The number of hydrogen-bond acceptors (Lipinski definition) is 3. The second kappa shape index (κ2) is 7.37. The van der Waals surface area contributed by atoms with Gasteiger partial charge in [-0.3, -0.25) is 4.79 Å². The molecule has 1 amide bonds. The van der Waals surface area contributed by atoms with Crippen LogP contribution in [0.4, 0.5) is 21.6 Å². The van der Waals surface area contributed by atoms with Gasteiger partial charge in [-0.2, -0.15) is 0 Å². The van der Waals surface area contributed by atoms with Crippen LogP contribution in [0.2, 0.25) is 0 Å². The van der Waals surface area contributed by atoms with Crippen LogP contribution in [-0.2, 0) is 11.2 Å². The minimum absolute atomic E-state index is 0.136. The summed E-state index contributed by atoms with van der Waals surface area (Å²) < 4.78 is 13.6. The van der Waals surface area contributed by atoms with Crippen molar-refractivity contribution in [2.45, 2.75) is 6.42 Å². The number of carbonyl (C=O) groups is 1. The first-order valence-electron chi connectivity index (χ1n) is 7.52. The lowest BCUT2D eigenvalue weighted by Gasteiger charge is -2.08. The van der Waals surface area contributed by atoms with Gasteiger partial charge in [0, 0.05) is 0 Å². The molecule has 1 heterocycles. The quantitative estimate of drug-likeness (QED) is 0.742. The summed E-state index contributed by atoms with van der Waals surface area (Å²) in [7, 11) is 0. The summed E-state index contributed by atoms with van der Waals surface area (Å²) in [4.78, 5) is 16.2. The molecule has 3 aromatic rings. The lowest BCUT2D eigenvalue weighted by atomic mass is 10.1. The fraction of sp³-hybridized carbons (Fsp3) is 0.0526. The maximum atomic E-state index is 13.6. The van der Waals surface area contributed by atoms with E-state index >= 15 is 0 Å². The molecular formula is C19H16FN3O. The molecule has 2 aromatic carbocycles. The topological polar surface area (TPSA) is 54.0 Å². The Bertz CT molecular complexity index is 820. The van der Waals surface area contributed by atoms with Gasteiger partial charge in [-0.25, -0.2) is 9.37 Å². The van der Waals surface area contributed by atoms with E-state index in [2.05, 4.69) is 15.6 Å². The van der Waals surface area contributed by atoms with Crippen molar-refractivity contribution in [2.75, 3.05) is 10.6 Å². The third kappa shape index (κ3) is 4.16. The Labute approximate surface area is 139 Å². The number of halogens is 1. The molecule has 5 heteroatoms. The van der Waals surface area contributed by atoms with Gasteiger partial charge in [0.25, 0.3) is 0 Å². The van der Waals surface area contributed by atoms with Crippen molar-refractivity contribution in [2.24, 2.45) is 0 Å². The monoisotopic (exact) mass is 321 g/mol. The Kier molecular flexibility index (Phi) is 4.81. The Morgan fingerprint density at radius 1 is 0.958 bits per heavy atom. The summed E-state index contributed by atoms with van der Waals surface area (Å²) in [5, 5.41) is 5.68. The van der Waals surface area contributed by atoms with Gasteiger partial charge < -0.3 is 10.6 Å². The minimum atomic E-state index is -0.335. The number of nitrogens with one attached hydrogen (secondary N) is 2. The molecule has 120 valence electrons. The Morgan fingerprint density at radius 3 is 2.42 bits per heavy atom. The van der Waals surface area contributed by atoms with Crippen LogP contribution in [0.15, 0.2) is 72.9 Å². The number of anilines is 3. The van der Waals surface area contributed by atoms with Crippen molar-refractivity contribution in [3.05, 3.63) is 84.3 Å². The number of para-hydroxylation sites is 1. The van der Waals surface area contributed by atoms with Gasteiger partial charge in [-0.05, 0) is 29.8 Å². The van der Waals surface area contributed by atoms with Gasteiger partial charge in [0.05, 0.1) is 24.0 Å². The molecule has 4 nitrogen and oxygen atoms in total. The van der Waals surface area contributed by atoms with Crippen LogP contribution >= 0.6 is 0 Å². The normalized spacial score (nSPS) is 10.2. The number of rotatable bonds is 5. The van der Waals surface area contributed by atoms with E-state index in [0.717, 1.165) is 5.56 Å². The van der Waals surface area contributed by atoms with Crippen LogP contribution in [0, 0.1) is 5.82 Å². The van der Waals surface area contributed by atoms with Crippen molar-refractivity contribution in [1.82, 2.24) is 4.98 Å². The van der Waals surface area contributed by atoms with Crippen LogP contribution in [0.5, 0.6) is 0 Å². The predicted molar refractivity (Wildman–Crippen MR) is 92.7 cm³/mol. The molecule has 1 aromatic heterocycles. The standard InChI is InChI=1S/C19H16FN3O/c20-16-8-4-5-9-17(16)22-15-10-11-18(21-13-15)23-19(24)12-14-6-2-1-3-7-14/h1-11,13,22H,12H2,(H,21,23,24). The van der Waals surface area contributed by atoms with Gasteiger partial charge in [-0.15, -0.1) is 0 Å². The average Bonchev–Trinajstić information content (AvgIpc) is 2.59. The largest absolute Gasteiger partial charge is 0.352 e. The molecule has 0 atom stereocenters. The highest BCUT2D eigenvalue weighted by molar-refractivity contribution is 5.91. The van der Waals surface area contributed by atoms with E-state index < -0.39 is 0 Å². The smallest absolute Gasteiger partial charge is 0.229 e. The summed E-state index contributed by atoms with van der Waals surface area (Å²) in [6.45, 7) is 0. The van der Waals surface area contributed by atoms with E-state index in [9.17, 15) is 9.18 Å². The molecule has 24 heavy (non-hydrogen) atoms. The summed E-state index contributed by atoms with van der Waals surface area (Å²) >= 11 is 0. The lowest BCUT2D eigenvalue weighted by Crippen LogP contribution is -2.15. The second-order valence-electron chi connectivity index (χ2n) is 5.25. The van der Waals surface area contributed by atoms with Crippen molar-refractivity contribution in [3.8, 4) is 0 Å². The fourth-order valence-corrected chi connectivity index (χ4v) is 2.23. The molecule has 0 aliphatic carbocycles. The highest BCUT2D eigenvalue weighted by Gasteiger charge is 2.05. The average molecular weight is 321 g/mol. The maximum Gasteiger partial charge on any atom is 0.229 e. The molecule has 0 saturated carbocycles. The molecule has 3 rings (SSSR count). The van der Waals surface area contributed by atoms with Crippen LogP contribution in [0.1, 0.15) is 5.56 Å². The zero-order valence-corrected chi connectivity index (χ0v) is 12.9. The molecule has 0 unspecified atom stereocenters. The van der Waals surface area contributed by atoms with Crippen LogP contribution in [0.3, 0.4) is 0 Å². The maximum absolute atomic E-state index is 13.6. The molecule has 0 bridgehead atoms. The zero-order valence-electron chi connectivity index (χ0n) is 12.9. The SMILES string of the molecule is O=C(Cc1ccccc1)Nc1ccc(Nc2ccccc2F)cn1. The molecule has 2 N–H and O–H groups in total. The fourth-order valence-electron chi connectivity index (χ4n) is 2.23. The molecule has 0 fully saturated rings. The van der Waals surface area contributed by atoms with Crippen LogP contribution in [-0.4, -0.2) is 10.9 Å². The zero-order chi connectivity index (χ0) is 16.8. The second-order valence-corrected chi connectivity index (χ2v) is 5.25. The first-order valence-corrected chi connectivity index (χ1v) is 7.52. The van der Waals surface area contributed by atoms with Gasteiger partial charge in [-0.1, -0.05) is 42.5 Å². The predicted octanol–water partition coefficient (Wildman–Crippen LogP) is 4.15. The lowest BCUT2D eigenvalue weighted by molar-refractivity contribution is -0.115. The van der Waals surface area contributed by atoms with E-state index in [1.54, 1.807) is 36.5 Å². The van der Waals surface area contributed by atoms with Crippen molar-refractivity contribution in [1.29, 1.82) is 0 Å². The van der Waals surface area contributed by atoms with Crippen molar-refractivity contribution >= 4 is 23.1 Å². The number of benzene rings is 2. The first kappa shape index (κ1) is 15.7. The van der Waals surface area contributed by atoms with Gasteiger partial charge in [0.15, 0.2) is 0 Å². The number of aromatic nitrogens is 1. The highest BCUT2D eigenvalue weighted by atomic mass is 19.1. The molecule has 0 aliphatic rings. The number of amides is 1. The molecule has 0 aliphatic heterocycles. The number of nitrogens with zero attached hydrogens (tertiary/aromatic N) is 1. The van der Waals surface area contributed by atoms with E-state index in [4.69, 9.17) is 0 Å². The third-order valence-electron chi connectivity index (χ3n) is 3.39. The summed E-state index contributed by atoms with van der Waals surface area (Å²) in [5.74, 6) is -0.0173. The van der Waals surface area contributed by atoms with E-state index in [-0.39, 0.29) is 18.1 Å². The highest BCUT2D eigenvalue weighted by Crippen LogP contribution is 2.19. The summed E-state index contributed by atoms with van der Waals surface area (Å²) in [5.41, 5.74) is 1.95. The summed E-state index contributed by atoms with van der Waals surface area (Å²) in [6.07, 6.45) is 1.84. The van der Waals surface area contributed by atoms with Gasteiger partial charge in [0.1, 0.15) is 11.6 Å². The minimum Gasteiger partial charge on any atom is -0.352 e. The molecule has 0 spiro atoms. The first-order chi connectivity index (χ1) is 11.7. The Hall–Kier alpha value is -3.21. The molecule has 0 saturated heterocycles. The number of pyridine rings is 1. The molecular weight excluding hydrogens is 305 g/mol. The Morgan fingerprint density at radius 2 is 1.71 bits per heavy atom. The van der Waals surface area contributed by atoms with Crippen molar-refractivity contribution in [3.63, 3.8) is 0 Å². The number of hydrogen-bond donors (Lipinski definition) is 2. The van der Waals surface area contributed by atoms with Gasteiger partial charge in [0.2, 0.25) is 5.91 Å². The van der Waals surface area contributed by atoms with Crippen LogP contribution in [0.25, 0.3) is 0 Å². The van der Waals surface area contributed by atoms with E-state index in [0.29, 0.717) is 17.2 Å². The van der Waals surface area contributed by atoms with Crippen molar-refractivity contribution < 1.29 is 9.18 Å². The molecule has 0 radical (unpaired) electrons. The van der Waals surface area contributed by atoms with Crippen LogP contribution < -0.4 is 10.6 Å². The van der Waals surface area contributed by atoms with Gasteiger partial charge >= 0.3 is 0 Å². The van der Waals surface area contributed by atoms with E-state index in [1.807, 2.05) is 30.3 Å². The Balaban J connectivity index is 1.60. The number of carbonyl (C=O) groups excluding carboxylic acids is 1. The van der Waals surface area contributed by atoms with E-state index in [1.165, 1.54) is 6.07 Å².